The maximum atomic E-state index is 12.5. The Kier molecular flexibility index (Phi) is 14.6. The van der Waals surface area contributed by atoms with Crippen molar-refractivity contribution in [2.45, 2.75) is 59.2 Å². The highest BCUT2D eigenvalue weighted by atomic mass is 16.6. The second-order valence-electron chi connectivity index (χ2n) is 12.3. The molecule has 0 atom stereocenters. The summed E-state index contributed by atoms with van der Waals surface area (Å²) in [6.07, 6.45) is 5.13. The van der Waals surface area contributed by atoms with Gasteiger partial charge in [0, 0.05) is 88.3 Å². The highest BCUT2D eigenvalue weighted by Gasteiger charge is 2.25. The molecule has 14 nitrogen and oxygen atoms in total. The summed E-state index contributed by atoms with van der Waals surface area (Å²) in [5, 5.41) is 25.0. The van der Waals surface area contributed by atoms with Crippen LogP contribution in [0.1, 0.15) is 52.5 Å². The van der Waals surface area contributed by atoms with Crippen molar-refractivity contribution in [1.29, 1.82) is 5.53 Å². The number of hydrogen-bond acceptors (Lipinski definition) is 11. The van der Waals surface area contributed by atoms with Crippen molar-refractivity contribution in [2.24, 2.45) is 10.5 Å². The van der Waals surface area contributed by atoms with E-state index in [4.69, 9.17) is 14.7 Å². The molecule has 0 fully saturated rings. The van der Waals surface area contributed by atoms with Crippen molar-refractivity contribution in [3.63, 3.8) is 0 Å². The van der Waals surface area contributed by atoms with E-state index in [1.807, 2.05) is 45.0 Å². The minimum Gasteiger partial charge on any atom is -0.423 e. The highest BCUT2D eigenvalue weighted by Crippen LogP contribution is 2.24. The Labute approximate surface area is 269 Å². The number of fused-ring (bicyclic) bond motifs is 1. The molecule has 6 N–H and O–H groups in total. The summed E-state index contributed by atoms with van der Waals surface area (Å²) in [5.41, 5.74) is 8.66. The quantitative estimate of drug-likeness (QED) is 0.0439. The summed E-state index contributed by atoms with van der Waals surface area (Å²) < 4.78 is 10.7. The lowest BCUT2D eigenvalue weighted by atomic mass is 9.90. The van der Waals surface area contributed by atoms with Gasteiger partial charge in [0.1, 0.15) is 5.58 Å². The zero-order chi connectivity index (χ0) is 34.3. The Morgan fingerprint density at radius 2 is 1.80 bits per heavy atom. The number of rotatable bonds is 19. The van der Waals surface area contributed by atoms with E-state index >= 15 is 0 Å². The second kappa shape index (κ2) is 17.8. The van der Waals surface area contributed by atoms with Crippen LogP contribution in [0.4, 0.5) is 5.69 Å². The lowest BCUT2D eigenvalue weighted by molar-refractivity contribution is -0.192. The van der Waals surface area contributed by atoms with Crippen LogP contribution in [0, 0.1) is 10.9 Å². The Hall–Kier alpha value is -4.56. The third-order valence-electron chi connectivity index (χ3n) is 6.53. The van der Waals surface area contributed by atoms with E-state index in [0.717, 1.165) is 5.69 Å². The molecule has 252 valence electrons. The second-order valence-corrected chi connectivity index (χ2v) is 12.3. The molecule has 0 saturated carbocycles. The van der Waals surface area contributed by atoms with Crippen LogP contribution < -0.4 is 31.8 Å². The maximum Gasteiger partial charge on any atom is 0.336 e. The molecule has 0 bridgehead atoms. The molecule has 0 unspecified atom stereocenters. The number of aliphatic hydroxyl groups is 1. The molecular weight excluding hydrogens is 594 g/mol. The fourth-order valence-electron chi connectivity index (χ4n) is 4.14. The van der Waals surface area contributed by atoms with Crippen molar-refractivity contribution in [1.82, 2.24) is 21.3 Å². The number of carbonyl (C=O) groups is 3. The molecule has 2 rings (SSSR count). The Balaban J connectivity index is 1.66. The normalized spacial score (nSPS) is 12.2. The fraction of sp³-hybridized carbons (Fsp3) is 0.500. The molecular formula is C32H47N7O7. The topological polar surface area (TPSA) is 198 Å². The number of hydrogen-bond donors (Lipinski definition) is 6. The summed E-state index contributed by atoms with van der Waals surface area (Å²) in [6, 6.07) is 6.85. The Morgan fingerprint density at radius 1 is 1.07 bits per heavy atom. The smallest absolute Gasteiger partial charge is 0.336 e. The van der Waals surface area contributed by atoms with Gasteiger partial charge in [0.15, 0.2) is 5.79 Å². The maximum absolute atomic E-state index is 12.5. The third kappa shape index (κ3) is 14.5. The molecule has 1 aromatic heterocycles. The van der Waals surface area contributed by atoms with Gasteiger partial charge in [0.2, 0.25) is 17.7 Å². The van der Waals surface area contributed by atoms with Crippen LogP contribution in [0.3, 0.4) is 0 Å². The van der Waals surface area contributed by atoms with Crippen molar-refractivity contribution in [2.75, 3.05) is 45.2 Å². The van der Waals surface area contributed by atoms with E-state index < -0.39 is 22.7 Å². The van der Waals surface area contributed by atoms with Gasteiger partial charge in [-0.05, 0) is 43.4 Å². The number of ether oxygens (including phenoxy) is 1. The van der Waals surface area contributed by atoms with Gasteiger partial charge in [-0.3, -0.25) is 14.4 Å². The van der Waals surface area contributed by atoms with Crippen molar-refractivity contribution < 1.29 is 28.6 Å². The predicted octanol–water partition coefficient (Wildman–Crippen LogP) is 2.67. The number of carbonyl (C=O) groups excluding carboxylic acids is 3. The van der Waals surface area contributed by atoms with E-state index in [1.54, 1.807) is 12.3 Å². The summed E-state index contributed by atoms with van der Waals surface area (Å²) in [7, 11) is 3.77. The lowest BCUT2D eigenvalue weighted by Gasteiger charge is -2.28. The standard InChI is InChI=1S/C32H47N7O7/c1-31(2,21-45-32(3,4)44)19-29(42)37-15-11-27(40)36-14-10-23(38-33)20-34-12-7-13-35-28(41)16-22-17-30(43)46-26-18-24(39(5)6)8-9-25(22)26/h8-9,11,15,17-18,20,33-34,44H,7,10,12-14,16,19,21H2,1-6H3,(H,35,41)(H,36,40)(H,37,42)/b15-11+,23-20-,38-33?. The first-order valence-electron chi connectivity index (χ1n) is 15.0. The first-order chi connectivity index (χ1) is 21.6. The van der Waals surface area contributed by atoms with Gasteiger partial charge < -0.3 is 40.4 Å². The molecule has 3 amide bonds. The number of nitrogens with zero attached hydrogens (tertiary/aromatic N) is 2. The van der Waals surface area contributed by atoms with Gasteiger partial charge in [-0.2, -0.15) is 5.11 Å². The molecule has 14 heteroatoms. The molecule has 2 aromatic rings. The molecule has 0 aliphatic heterocycles. The van der Waals surface area contributed by atoms with Gasteiger partial charge in [-0.1, -0.05) is 13.8 Å². The molecule has 1 aromatic carbocycles. The van der Waals surface area contributed by atoms with Gasteiger partial charge >= 0.3 is 5.63 Å². The minimum absolute atomic E-state index is 0.0452. The Morgan fingerprint density at radius 3 is 2.48 bits per heavy atom. The Bertz CT molecular complexity index is 1470. The first kappa shape index (κ1) is 37.6. The van der Waals surface area contributed by atoms with Crippen molar-refractivity contribution in [3.05, 3.63) is 64.4 Å². The van der Waals surface area contributed by atoms with Crippen molar-refractivity contribution >= 4 is 34.4 Å². The fourth-order valence-corrected chi connectivity index (χ4v) is 4.14. The van der Waals surface area contributed by atoms with Gasteiger partial charge in [-0.15, -0.1) is 0 Å². The SMILES string of the molecule is CN(C)c1ccc2c(CC(=O)NCCCN/C=C(/CCNC(=O)/C=C/NC(=O)CC(C)(C)COC(C)(C)O)N=N)cc(=O)oc2c1. The lowest BCUT2D eigenvalue weighted by Crippen LogP contribution is -2.33. The van der Waals surface area contributed by atoms with Crippen LogP contribution in [-0.2, 0) is 25.5 Å². The van der Waals surface area contributed by atoms with Crippen LogP contribution in [0.25, 0.3) is 11.0 Å². The molecule has 46 heavy (non-hydrogen) atoms. The zero-order valence-electron chi connectivity index (χ0n) is 27.5. The van der Waals surface area contributed by atoms with E-state index in [2.05, 4.69) is 26.4 Å². The van der Waals surface area contributed by atoms with Crippen LogP contribution in [0.5, 0.6) is 0 Å². The predicted molar refractivity (Wildman–Crippen MR) is 175 cm³/mol. The van der Waals surface area contributed by atoms with Crippen LogP contribution in [0.2, 0.25) is 0 Å². The average Bonchev–Trinajstić information content (AvgIpc) is 2.95. The van der Waals surface area contributed by atoms with E-state index in [1.165, 1.54) is 32.2 Å². The number of amides is 3. The zero-order valence-corrected chi connectivity index (χ0v) is 27.5. The number of anilines is 1. The monoisotopic (exact) mass is 641 g/mol. The van der Waals surface area contributed by atoms with E-state index in [0.29, 0.717) is 48.2 Å². The summed E-state index contributed by atoms with van der Waals surface area (Å²) in [4.78, 5) is 50.7. The summed E-state index contributed by atoms with van der Waals surface area (Å²) in [5.74, 6) is -2.22. The summed E-state index contributed by atoms with van der Waals surface area (Å²) >= 11 is 0. The average molecular weight is 642 g/mol. The molecule has 0 saturated heterocycles. The largest absolute Gasteiger partial charge is 0.423 e. The molecule has 0 spiro atoms. The highest BCUT2D eigenvalue weighted by molar-refractivity contribution is 5.89. The van der Waals surface area contributed by atoms with Gasteiger partial charge in [-0.25, -0.2) is 10.3 Å². The first-order valence-corrected chi connectivity index (χ1v) is 15.0. The van der Waals surface area contributed by atoms with Crippen LogP contribution in [0.15, 0.2) is 62.8 Å². The third-order valence-corrected chi connectivity index (χ3v) is 6.53. The van der Waals surface area contributed by atoms with Crippen molar-refractivity contribution in [3.8, 4) is 0 Å². The van der Waals surface area contributed by atoms with Gasteiger partial charge in [0.25, 0.3) is 0 Å². The van der Waals surface area contributed by atoms with Crippen LogP contribution in [-0.4, -0.2) is 69.0 Å². The molecule has 0 aliphatic carbocycles. The minimum atomic E-state index is -1.29. The van der Waals surface area contributed by atoms with Gasteiger partial charge in [0.05, 0.1) is 18.7 Å². The van der Waals surface area contributed by atoms with E-state index in [-0.39, 0.29) is 37.8 Å². The molecule has 0 aliphatic rings. The molecule has 1 heterocycles. The van der Waals surface area contributed by atoms with E-state index in [9.17, 15) is 24.3 Å². The number of benzene rings is 1. The molecule has 0 radical (unpaired) electrons. The summed E-state index contributed by atoms with van der Waals surface area (Å²) in [6.45, 7) is 8.04. The van der Waals surface area contributed by atoms with Crippen LogP contribution >= 0.6 is 0 Å². The number of nitrogens with one attached hydrogen (secondary N) is 5.